The van der Waals surface area contributed by atoms with E-state index >= 15 is 0 Å². The highest BCUT2D eigenvalue weighted by atomic mass is 16.6. The van der Waals surface area contributed by atoms with Crippen molar-refractivity contribution in [3.8, 4) is 0 Å². The van der Waals surface area contributed by atoms with Crippen molar-refractivity contribution < 1.29 is 28.6 Å². The third-order valence-corrected chi connectivity index (χ3v) is 12.6. The summed E-state index contributed by atoms with van der Waals surface area (Å²) < 4.78 is 16.8. The molecule has 0 rings (SSSR count). The Hall–Kier alpha value is -3.41. The number of allylic oxidation sites excluding steroid dienone is 14. The van der Waals surface area contributed by atoms with E-state index in [0.717, 1.165) is 116 Å². The van der Waals surface area contributed by atoms with E-state index in [4.69, 9.17) is 14.2 Å². The van der Waals surface area contributed by atoms with Gasteiger partial charge in [-0.1, -0.05) is 241 Å². The molecule has 6 nitrogen and oxygen atoms in total. The van der Waals surface area contributed by atoms with Gasteiger partial charge < -0.3 is 14.2 Å². The Balaban J connectivity index is 4.30. The highest BCUT2D eigenvalue weighted by Gasteiger charge is 2.19. The second-order valence-corrected chi connectivity index (χ2v) is 19.5. The predicted octanol–water partition coefficient (Wildman–Crippen LogP) is 19.9. The molecule has 402 valence electrons. The summed E-state index contributed by atoms with van der Waals surface area (Å²) >= 11 is 0. The summed E-state index contributed by atoms with van der Waals surface area (Å²) in [5.74, 6) is -0.903. The Bertz CT molecular complexity index is 1350. The molecule has 0 aromatic rings. The van der Waals surface area contributed by atoms with E-state index in [0.29, 0.717) is 19.3 Å². The Labute approximate surface area is 433 Å². The van der Waals surface area contributed by atoms with Crippen LogP contribution < -0.4 is 0 Å². The van der Waals surface area contributed by atoms with E-state index in [2.05, 4.69) is 106 Å². The molecule has 0 fully saturated rings. The zero-order valence-electron chi connectivity index (χ0n) is 46.0. The van der Waals surface area contributed by atoms with Crippen molar-refractivity contribution in [1.82, 2.24) is 0 Å². The van der Waals surface area contributed by atoms with Crippen molar-refractivity contribution in [1.29, 1.82) is 0 Å². The van der Waals surface area contributed by atoms with Gasteiger partial charge >= 0.3 is 17.9 Å². The van der Waals surface area contributed by atoms with Gasteiger partial charge in [0.1, 0.15) is 13.2 Å². The van der Waals surface area contributed by atoms with Crippen LogP contribution in [0, 0.1) is 0 Å². The van der Waals surface area contributed by atoms with E-state index in [1.807, 2.05) is 0 Å². The van der Waals surface area contributed by atoms with Gasteiger partial charge in [0.2, 0.25) is 0 Å². The molecule has 0 aromatic carbocycles. The maximum absolute atomic E-state index is 12.8. The molecule has 1 atom stereocenters. The van der Waals surface area contributed by atoms with Crippen LogP contribution in [0.25, 0.3) is 0 Å². The summed E-state index contributed by atoms with van der Waals surface area (Å²) in [5.41, 5.74) is 0. The van der Waals surface area contributed by atoms with E-state index in [1.165, 1.54) is 128 Å². The van der Waals surface area contributed by atoms with Gasteiger partial charge in [-0.2, -0.15) is 0 Å². The van der Waals surface area contributed by atoms with Gasteiger partial charge in [0.15, 0.2) is 6.10 Å². The minimum Gasteiger partial charge on any atom is -0.462 e. The number of ether oxygens (including phenoxy) is 3. The number of esters is 3. The fourth-order valence-electron chi connectivity index (χ4n) is 8.15. The average Bonchev–Trinajstić information content (AvgIpc) is 3.36. The summed E-state index contributed by atoms with van der Waals surface area (Å²) in [5, 5.41) is 0. The van der Waals surface area contributed by atoms with Gasteiger partial charge in [0.05, 0.1) is 0 Å². The van der Waals surface area contributed by atoms with E-state index in [-0.39, 0.29) is 31.1 Å². The number of rotatable bonds is 53. The summed E-state index contributed by atoms with van der Waals surface area (Å²) in [6.45, 7) is 6.48. The molecule has 0 radical (unpaired) electrons. The smallest absolute Gasteiger partial charge is 0.306 e. The number of carbonyl (C=O) groups is 3. The molecule has 0 N–H and O–H groups in total. The van der Waals surface area contributed by atoms with Crippen LogP contribution in [0.3, 0.4) is 0 Å². The highest BCUT2D eigenvalue weighted by Crippen LogP contribution is 2.15. The van der Waals surface area contributed by atoms with Gasteiger partial charge in [-0.05, 0) is 109 Å². The number of carbonyl (C=O) groups excluding carboxylic acids is 3. The first-order valence-corrected chi connectivity index (χ1v) is 29.6. The molecular weight excluding hydrogens is 865 g/mol. The summed E-state index contributed by atoms with van der Waals surface area (Å²) in [4.78, 5) is 38.1. The van der Waals surface area contributed by atoms with Gasteiger partial charge in [0, 0.05) is 19.3 Å². The van der Waals surface area contributed by atoms with Crippen LogP contribution >= 0.6 is 0 Å². The second-order valence-electron chi connectivity index (χ2n) is 19.5. The monoisotopic (exact) mass is 975 g/mol. The Morgan fingerprint density at radius 3 is 0.929 bits per heavy atom. The van der Waals surface area contributed by atoms with E-state index in [9.17, 15) is 14.4 Å². The molecule has 0 bridgehead atoms. The number of hydrogen-bond acceptors (Lipinski definition) is 6. The van der Waals surface area contributed by atoms with Crippen molar-refractivity contribution in [3.63, 3.8) is 0 Å². The minimum atomic E-state index is -0.786. The predicted molar refractivity (Wildman–Crippen MR) is 302 cm³/mol. The number of hydrogen-bond donors (Lipinski definition) is 0. The highest BCUT2D eigenvalue weighted by molar-refractivity contribution is 5.71. The quantitative estimate of drug-likeness (QED) is 0.0261. The maximum Gasteiger partial charge on any atom is 0.306 e. The van der Waals surface area contributed by atoms with Crippen molar-refractivity contribution in [2.45, 2.75) is 290 Å². The van der Waals surface area contributed by atoms with Crippen LogP contribution in [0.15, 0.2) is 85.1 Å². The standard InChI is InChI=1S/C64H110O6/c1-4-7-10-13-16-19-22-24-26-28-29-30-31-32-33-34-35-36-38-39-42-45-48-51-54-57-63(66)69-60-61(59-68-62(65)56-53-50-47-44-41-21-18-15-12-9-6-3)70-64(67)58-55-52-49-46-43-40-37-27-25-23-20-17-14-11-8-5-2/h7,10,15-16,18-19,24,26-27,29-30,32-33,37,61H,4-6,8-9,11-14,17,20-23,25,28,31,34-36,38-60H2,1-3H3/b10-7-,18-15-,19-16-,26-24-,30-29-,33-32-,37-27-. The van der Waals surface area contributed by atoms with E-state index < -0.39 is 6.10 Å². The Morgan fingerprint density at radius 1 is 0.300 bits per heavy atom. The van der Waals surface area contributed by atoms with Gasteiger partial charge in [-0.15, -0.1) is 0 Å². The van der Waals surface area contributed by atoms with Crippen LogP contribution in [-0.4, -0.2) is 37.2 Å². The first-order valence-electron chi connectivity index (χ1n) is 29.6. The van der Waals surface area contributed by atoms with Crippen LogP contribution in [0.5, 0.6) is 0 Å². The summed E-state index contributed by atoms with van der Waals surface area (Å²) in [6.07, 6.45) is 75.8. The molecule has 1 unspecified atom stereocenters. The third-order valence-electron chi connectivity index (χ3n) is 12.6. The summed E-state index contributed by atoms with van der Waals surface area (Å²) in [6, 6.07) is 0. The lowest BCUT2D eigenvalue weighted by Crippen LogP contribution is -2.30. The molecule has 0 aliphatic carbocycles. The van der Waals surface area contributed by atoms with Gasteiger partial charge in [-0.3, -0.25) is 14.4 Å². The second kappa shape index (κ2) is 58.2. The Morgan fingerprint density at radius 2 is 0.571 bits per heavy atom. The topological polar surface area (TPSA) is 78.9 Å². The van der Waals surface area contributed by atoms with Gasteiger partial charge in [0.25, 0.3) is 0 Å². The first kappa shape index (κ1) is 66.6. The zero-order chi connectivity index (χ0) is 50.7. The molecule has 0 amide bonds. The van der Waals surface area contributed by atoms with E-state index in [1.54, 1.807) is 0 Å². The molecular formula is C64H110O6. The van der Waals surface area contributed by atoms with Crippen molar-refractivity contribution in [2.24, 2.45) is 0 Å². The largest absolute Gasteiger partial charge is 0.462 e. The molecule has 70 heavy (non-hydrogen) atoms. The third kappa shape index (κ3) is 55.5. The minimum absolute atomic E-state index is 0.0850. The molecule has 0 spiro atoms. The fourth-order valence-corrected chi connectivity index (χ4v) is 8.15. The molecule has 0 saturated heterocycles. The molecule has 0 aromatic heterocycles. The lowest BCUT2D eigenvalue weighted by atomic mass is 10.1. The van der Waals surface area contributed by atoms with Crippen LogP contribution in [0.2, 0.25) is 0 Å². The molecule has 0 saturated carbocycles. The normalized spacial score (nSPS) is 12.7. The SMILES string of the molecule is CC/C=C\C/C=C\C/C=C\C/C=C\C/C=C\CCCCCCCCCCCC(=O)OCC(COC(=O)CCCCCCC/C=C\CCCC)OC(=O)CCCCCCC/C=C\CCCCCCCCC. The van der Waals surface area contributed by atoms with Crippen molar-refractivity contribution >= 4 is 17.9 Å². The lowest BCUT2D eigenvalue weighted by molar-refractivity contribution is -0.167. The molecule has 0 aliphatic rings. The fraction of sp³-hybridized carbons (Fsp3) is 0.734. The molecule has 6 heteroatoms. The maximum atomic E-state index is 12.8. The van der Waals surface area contributed by atoms with Crippen LogP contribution in [0.1, 0.15) is 284 Å². The first-order chi connectivity index (χ1) is 34.5. The number of unbranched alkanes of at least 4 members (excludes halogenated alkanes) is 28. The van der Waals surface area contributed by atoms with Crippen LogP contribution in [0.4, 0.5) is 0 Å². The van der Waals surface area contributed by atoms with Crippen molar-refractivity contribution in [2.75, 3.05) is 13.2 Å². The average molecular weight is 976 g/mol. The molecule has 0 aliphatic heterocycles. The Kier molecular flexibility index (Phi) is 55.3. The van der Waals surface area contributed by atoms with Crippen molar-refractivity contribution in [3.05, 3.63) is 85.1 Å². The zero-order valence-corrected chi connectivity index (χ0v) is 46.0. The summed E-state index contributed by atoms with van der Waals surface area (Å²) in [7, 11) is 0. The lowest BCUT2D eigenvalue weighted by Gasteiger charge is -2.18. The van der Waals surface area contributed by atoms with Crippen LogP contribution in [-0.2, 0) is 28.6 Å². The van der Waals surface area contributed by atoms with Gasteiger partial charge in [-0.25, -0.2) is 0 Å². The molecule has 0 heterocycles.